The maximum absolute atomic E-state index is 11.8. The van der Waals surface area contributed by atoms with E-state index in [-0.39, 0.29) is 0 Å². The van der Waals surface area contributed by atoms with Gasteiger partial charge in [-0.25, -0.2) is 9.52 Å². The number of carbonyl (C=O) groups excluding carboxylic acids is 1. The summed E-state index contributed by atoms with van der Waals surface area (Å²) in [6.07, 6.45) is -0.556. The summed E-state index contributed by atoms with van der Waals surface area (Å²) in [6.45, 7) is 4.10. The van der Waals surface area contributed by atoms with Crippen LogP contribution < -0.4 is 14.8 Å². The van der Waals surface area contributed by atoms with Crippen molar-refractivity contribution in [2.75, 3.05) is 16.6 Å². The van der Waals surface area contributed by atoms with E-state index in [1.165, 1.54) is 0 Å². The number of hydrogen-bond acceptors (Lipinski definition) is 5. The number of hydrogen-bond donors (Lipinski definition) is 3. The zero-order valence-corrected chi connectivity index (χ0v) is 12.1. The summed E-state index contributed by atoms with van der Waals surface area (Å²) in [4.78, 5) is 11.3. The molecule has 1 aromatic carbocycles. The first-order valence-electron chi connectivity index (χ1n) is 6.24. The monoisotopic (exact) mass is 299 g/mol. The van der Waals surface area contributed by atoms with Gasteiger partial charge in [-0.1, -0.05) is 0 Å². The molecule has 0 atom stereocenters. The van der Waals surface area contributed by atoms with Crippen molar-refractivity contribution >= 4 is 27.7 Å². The molecule has 1 heterocycles. The summed E-state index contributed by atoms with van der Waals surface area (Å²) >= 11 is 0. The molecule has 2 rings (SSSR count). The van der Waals surface area contributed by atoms with Crippen LogP contribution in [0.1, 0.15) is 19.4 Å². The van der Waals surface area contributed by atoms with Crippen molar-refractivity contribution in [3.05, 3.63) is 23.8 Å². The molecule has 0 bridgehead atoms. The number of amides is 1. The Morgan fingerprint density at radius 2 is 2.15 bits per heavy atom. The fourth-order valence-corrected chi connectivity index (χ4v) is 2.65. The molecular formula is C12H17N3O4S. The third-order valence-electron chi connectivity index (χ3n) is 2.63. The lowest BCUT2D eigenvalue weighted by molar-refractivity contribution is 0.121. The van der Waals surface area contributed by atoms with E-state index in [9.17, 15) is 13.2 Å². The van der Waals surface area contributed by atoms with E-state index in [0.29, 0.717) is 5.69 Å². The van der Waals surface area contributed by atoms with Crippen molar-refractivity contribution in [3.8, 4) is 0 Å². The fraction of sp³-hybridized carbons (Fsp3) is 0.417. The van der Waals surface area contributed by atoms with Crippen LogP contribution in [0.25, 0.3) is 0 Å². The van der Waals surface area contributed by atoms with Gasteiger partial charge in [0.05, 0.1) is 11.8 Å². The summed E-state index contributed by atoms with van der Waals surface area (Å²) in [5, 5.41) is 3.18. The second-order valence-electron chi connectivity index (χ2n) is 4.71. The molecule has 0 spiro atoms. The molecule has 0 radical (unpaired) electrons. The van der Waals surface area contributed by atoms with E-state index in [0.717, 1.165) is 24.2 Å². The Morgan fingerprint density at radius 3 is 2.85 bits per heavy atom. The lowest BCUT2D eigenvalue weighted by atomic mass is 10.1. The first-order chi connectivity index (χ1) is 9.35. The number of fused-ring (bicyclic) bond motifs is 1. The summed E-state index contributed by atoms with van der Waals surface area (Å²) in [6, 6.07) is 5.17. The SMILES string of the molecule is CC(C)OC(=O)NS(=O)(=O)Nc1ccc2c(c1)CCN2. The fourth-order valence-electron chi connectivity index (χ4n) is 1.90. The molecule has 1 aromatic rings. The Hall–Kier alpha value is -1.96. The molecule has 0 fully saturated rings. The van der Waals surface area contributed by atoms with E-state index in [1.54, 1.807) is 36.8 Å². The summed E-state index contributed by atoms with van der Waals surface area (Å²) in [7, 11) is -3.99. The summed E-state index contributed by atoms with van der Waals surface area (Å²) < 4.78 is 32.3. The zero-order chi connectivity index (χ0) is 14.8. The average Bonchev–Trinajstić information content (AvgIpc) is 2.72. The van der Waals surface area contributed by atoms with Crippen molar-refractivity contribution in [2.24, 2.45) is 0 Å². The molecule has 7 nitrogen and oxygen atoms in total. The van der Waals surface area contributed by atoms with Gasteiger partial charge in [0, 0.05) is 12.2 Å². The second kappa shape index (κ2) is 5.58. The third kappa shape index (κ3) is 3.77. The average molecular weight is 299 g/mol. The first kappa shape index (κ1) is 14.4. The van der Waals surface area contributed by atoms with E-state index in [4.69, 9.17) is 4.74 Å². The molecule has 1 amide bonds. The minimum atomic E-state index is -3.99. The smallest absolute Gasteiger partial charge is 0.422 e. The molecule has 0 aliphatic carbocycles. The van der Waals surface area contributed by atoms with Gasteiger partial charge in [0.1, 0.15) is 0 Å². The van der Waals surface area contributed by atoms with Crippen molar-refractivity contribution < 1.29 is 17.9 Å². The number of carbonyl (C=O) groups is 1. The molecular weight excluding hydrogens is 282 g/mol. The number of benzene rings is 1. The predicted octanol–water partition coefficient (Wildman–Crippen LogP) is 1.45. The molecule has 0 saturated carbocycles. The highest BCUT2D eigenvalue weighted by atomic mass is 32.2. The van der Waals surface area contributed by atoms with Crippen LogP contribution in [0.15, 0.2) is 18.2 Å². The van der Waals surface area contributed by atoms with Crippen LogP contribution in [0, 0.1) is 0 Å². The van der Waals surface area contributed by atoms with Crippen LogP contribution >= 0.6 is 0 Å². The Labute approximate surface area is 117 Å². The standard InChI is InChI=1S/C12H17N3O4S/c1-8(2)19-12(16)15-20(17,18)14-10-3-4-11-9(7-10)5-6-13-11/h3-4,7-8,13-14H,5-6H2,1-2H3,(H,15,16). The minimum Gasteiger partial charge on any atom is -0.446 e. The lowest BCUT2D eigenvalue weighted by Crippen LogP contribution is -2.36. The number of nitrogens with one attached hydrogen (secondary N) is 3. The van der Waals surface area contributed by atoms with Gasteiger partial charge in [-0.3, -0.25) is 4.72 Å². The molecule has 1 aliphatic heterocycles. The van der Waals surface area contributed by atoms with Crippen molar-refractivity contribution in [2.45, 2.75) is 26.4 Å². The topological polar surface area (TPSA) is 96.5 Å². The van der Waals surface area contributed by atoms with Gasteiger partial charge in [-0.05, 0) is 44.0 Å². The Balaban J connectivity index is 2.03. The third-order valence-corrected chi connectivity index (χ3v) is 3.57. The van der Waals surface area contributed by atoms with E-state index >= 15 is 0 Å². The van der Waals surface area contributed by atoms with Gasteiger partial charge in [0.25, 0.3) is 0 Å². The van der Waals surface area contributed by atoms with E-state index in [2.05, 4.69) is 10.0 Å². The molecule has 110 valence electrons. The van der Waals surface area contributed by atoms with Crippen molar-refractivity contribution in [1.82, 2.24) is 4.72 Å². The molecule has 20 heavy (non-hydrogen) atoms. The Bertz CT molecular complexity index is 613. The van der Waals surface area contributed by atoms with E-state index in [1.807, 2.05) is 0 Å². The zero-order valence-electron chi connectivity index (χ0n) is 11.3. The largest absolute Gasteiger partial charge is 0.446 e. The molecule has 1 aliphatic rings. The van der Waals surface area contributed by atoms with Crippen LogP contribution in [0.5, 0.6) is 0 Å². The lowest BCUT2D eigenvalue weighted by Gasteiger charge is -2.12. The molecule has 0 saturated heterocycles. The number of anilines is 2. The Kier molecular flexibility index (Phi) is 4.03. The summed E-state index contributed by atoms with van der Waals surface area (Å²) in [5.41, 5.74) is 2.44. The highest BCUT2D eigenvalue weighted by Gasteiger charge is 2.17. The van der Waals surface area contributed by atoms with Gasteiger partial charge in [0.2, 0.25) is 0 Å². The molecule has 8 heteroatoms. The molecule has 3 N–H and O–H groups in total. The van der Waals surface area contributed by atoms with Crippen LogP contribution in [0.4, 0.5) is 16.2 Å². The predicted molar refractivity (Wildman–Crippen MR) is 75.9 cm³/mol. The van der Waals surface area contributed by atoms with Crippen LogP contribution in [0.3, 0.4) is 0 Å². The maximum atomic E-state index is 11.8. The quantitative estimate of drug-likeness (QED) is 0.782. The normalized spacial score (nSPS) is 13.6. The minimum absolute atomic E-state index is 0.392. The van der Waals surface area contributed by atoms with Gasteiger partial charge in [0.15, 0.2) is 0 Å². The Morgan fingerprint density at radius 1 is 1.40 bits per heavy atom. The van der Waals surface area contributed by atoms with E-state index < -0.39 is 22.4 Å². The molecule has 0 aromatic heterocycles. The van der Waals surface area contributed by atoms with Crippen LogP contribution in [-0.2, 0) is 21.4 Å². The van der Waals surface area contributed by atoms with Crippen molar-refractivity contribution in [3.63, 3.8) is 0 Å². The number of ether oxygens (including phenoxy) is 1. The van der Waals surface area contributed by atoms with Crippen LogP contribution in [-0.4, -0.2) is 27.2 Å². The van der Waals surface area contributed by atoms with Crippen LogP contribution in [0.2, 0.25) is 0 Å². The molecule has 0 unspecified atom stereocenters. The first-order valence-corrected chi connectivity index (χ1v) is 7.72. The highest BCUT2D eigenvalue weighted by Crippen LogP contribution is 2.25. The van der Waals surface area contributed by atoms with Gasteiger partial charge in [-0.15, -0.1) is 0 Å². The van der Waals surface area contributed by atoms with Gasteiger partial charge >= 0.3 is 16.3 Å². The second-order valence-corrected chi connectivity index (χ2v) is 6.13. The van der Waals surface area contributed by atoms with Crippen molar-refractivity contribution in [1.29, 1.82) is 0 Å². The van der Waals surface area contributed by atoms with Gasteiger partial charge < -0.3 is 10.1 Å². The summed E-state index contributed by atoms with van der Waals surface area (Å²) in [5.74, 6) is 0. The number of rotatable bonds is 4. The maximum Gasteiger partial charge on any atom is 0.422 e. The highest BCUT2D eigenvalue weighted by molar-refractivity contribution is 7.91. The van der Waals surface area contributed by atoms with Gasteiger partial charge in [-0.2, -0.15) is 8.42 Å².